The first-order valence-electron chi connectivity index (χ1n) is 5.64. The largest absolute Gasteiger partial charge is 0.497 e. The lowest BCUT2D eigenvalue weighted by Gasteiger charge is -2.09. The molecule has 0 heterocycles. The fourth-order valence-electron chi connectivity index (χ4n) is 1.63. The molecule has 0 aromatic heterocycles. The second kappa shape index (κ2) is 5.40. The smallest absolute Gasteiger partial charge is 0.240 e. The maximum atomic E-state index is 11.2. The van der Waals surface area contributed by atoms with Gasteiger partial charge in [0.1, 0.15) is 22.1 Å². The third-order valence-electron chi connectivity index (χ3n) is 2.58. The zero-order valence-electron chi connectivity index (χ0n) is 10.7. The van der Waals surface area contributed by atoms with E-state index in [9.17, 15) is 8.42 Å². The van der Waals surface area contributed by atoms with Crippen molar-refractivity contribution >= 4 is 15.7 Å². The molecule has 7 heteroatoms. The maximum absolute atomic E-state index is 11.2. The van der Waals surface area contributed by atoms with E-state index in [4.69, 9.17) is 20.3 Å². The Kier molecular flexibility index (Phi) is 3.82. The number of methoxy groups -OCH3 is 1. The minimum absolute atomic E-state index is 0.0403. The van der Waals surface area contributed by atoms with Crippen molar-refractivity contribution in [1.82, 2.24) is 0 Å². The fraction of sp³-hybridized carbons (Fsp3) is 0.0769. The van der Waals surface area contributed by atoms with Crippen LogP contribution in [-0.2, 0) is 10.0 Å². The van der Waals surface area contributed by atoms with E-state index in [1.165, 1.54) is 18.2 Å². The summed E-state index contributed by atoms with van der Waals surface area (Å²) in [5.74, 6) is 1.70. The Morgan fingerprint density at radius 2 is 1.50 bits per heavy atom. The average molecular weight is 294 g/mol. The van der Waals surface area contributed by atoms with E-state index in [-0.39, 0.29) is 10.6 Å². The van der Waals surface area contributed by atoms with Crippen LogP contribution in [0.1, 0.15) is 0 Å². The third kappa shape index (κ3) is 3.19. The molecule has 0 unspecified atom stereocenters. The van der Waals surface area contributed by atoms with Crippen LogP contribution in [0, 0.1) is 0 Å². The Hall–Kier alpha value is -2.25. The minimum Gasteiger partial charge on any atom is -0.497 e. The van der Waals surface area contributed by atoms with Crippen LogP contribution in [0.5, 0.6) is 17.2 Å². The topological polar surface area (TPSA) is 105 Å². The van der Waals surface area contributed by atoms with Gasteiger partial charge in [-0.15, -0.1) is 0 Å². The normalized spacial score (nSPS) is 11.1. The monoisotopic (exact) mass is 294 g/mol. The summed E-state index contributed by atoms with van der Waals surface area (Å²) in [6.07, 6.45) is 0. The highest BCUT2D eigenvalue weighted by atomic mass is 32.2. The number of primary sulfonamides is 1. The van der Waals surface area contributed by atoms with Crippen LogP contribution < -0.4 is 20.3 Å². The van der Waals surface area contributed by atoms with Crippen molar-refractivity contribution in [1.29, 1.82) is 0 Å². The van der Waals surface area contributed by atoms with Crippen LogP contribution in [0.2, 0.25) is 0 Å². The van der Waals surface area contributed by atoms with Crippen LogP contribution in [-0.4, -0.2) is 15.5 Å². The molecule has 6 nitrogen and oxygen atoms in total. The minimum atomic E-state index is -3.83. The Morgan fingerprint density at radius 1 is 0.950 bits per heavy atom. The molecule has 0 bridgehead atoms. The Balaban J connectivity index is 2.24. The van der Waals surface area contributed by atoms with Crippen molar-refractivity contribution < 1.29 is 17.9 Å². The molecule has 0 saturated carbocycles. The SMILES string of the molecule is COc1ccc(Oc2ccc(S(N)(=O)=O)c(N)c2)cc1. The molecule has 0 amide bonds. The molecular weight excluding hydrogens is 280 g/mol. The van der Waals surface area contributed by atoms with Crippen molar-refractivity contribution in [3.63, 3.8) is 0 Å². The molecule has 0 radical (unpaired) electrons. The first-order valence-corrected chi connectivity index (χ1v) is 7.19. The number of sulfonamides is 1. The van der Waals surface area contributed by atoms with Crippen LogP contribution in [0.15, 0.2) is 47.4 Å². The summed E-state index contributed by atoms with van der Waals surface area (Å²) in [4.78, 5) is -0.125. The quantitative estimate of drug-likeness (QED) is 0.835. The second-order valence-corrected chi connectivity index (χ2v) is 5.55. The molecule has 106 valence electrons. The van der Waals surface area contributed by atoms with Gasteiger partial charge >= 0.3 is 0 Å². The molecule has 0 spiro atoms. The number of anilines is 1. The first kappa shape index (κ1) is 14.2. The van der Waals surface area contributed by atoms with Gasteiger partial charge in [0.15, 0.2) is 0 Å². The van der Waals surface area contributed by atoms with E-state index in [1.807, 2.05) is 0 Å². The molecule has 4 N–H and O–H groups in total. The standard InChI is InChI=1S/C13H14N2O4S/c1-18-9-2-4-10(5-3-9)19-11-6-7-13(12(14)8-11)20(15,16)17/h2-8H,14H2,1H3,(H2,15,16,17). The molecule has 0 fully saturated rings. The lowest BCUT2D eigenvalue weighted by molar-refractivity contribution is 0.413. The number of ether oxygens (including phenoxy) is 2. The van der Waals surface area contributed by atoms with Gasteiger partial charge in [-0.25, -0.2) is 13.6 Å². The summed E-state index contributed by atoms with van der Waals surface area (Å²) < 4.78 is 33.1. The summed E-state index contributed by atoms with van der Waals surface area (Å²) in [6, 6.07) is 11.1. The molecule has 2 aromatic rings. The molecule has 0 aliphatic heterocycles. The Bertz CT molecular complexity index is 712. The van der Waals surface area contributed by atoms with E-state index in [2.05, 4.69) is 0 Å². The molecule has 2 aromatic carbocycles. The predicted octanol–water partition coefficient (Wildman–Crippen LogP) is 1.72. The van der Waals surface area contributed by atoms with E-state index >= 15 is 0 Å². The third-order valence-corrected chi connectivity index (χ3v) is 3.57. The summed E-state index contributed by atoms with van der Waals surface area (Å²) in [5, 5.41) is 5.03. The van der Waals surface area contributed by atoms with E-state index in [0.717, 1.165) is 0 Å². The van der Waals surface area contributed by atoms with E-state index in [1.54, 1.807) is 31.4 Å². The van der Waals surface area contributed by atoms with Gasteiger partial charge in [-0.1, -0.05) is 0 Å². The van der Waals surface area contributed by atoms with Gasteiger partial charge in [-0.2, -0.15) is 0 Å². The zero-order valence-corrected chi connectivity index (χ0v) is 11.6. The van der Waals surface area contributed by atoms with Crippen molar-refractivity contribution in [2.45, 2.75) is 4.90 Å². The highest BCUT2D eigenvalue weighted by molar-refractivity contribution is 7.89. The number of nitrogen functional groups attached to an aromatic ring is 1. The number of hydrogen-bond donors (Lipinski definition) is 2. The fourth-order valence-corrected chi connectivity index (χ4v) is 2.27. The molecule has 0 atom stereocenters. The van der Waals surface area contributed by atoms with E-state index < -0.39 is 10.0 Å². The van der Waals surface area contributed by atoms with Gasteiger partial charge in [0.2, 0.25) is 10.0 Å². The van der Waals surface area contributed by atoms with Crippen molar-refractivity contribution in [3.8, 4) is 17.2 Å². The molecule has 20 heavy (non-hydrogen) atoms. The molecule has 0 aliphatic rings. The second-order valence-electron chi connectivity index (χ2n) is 4.02. The number of rotatable bonds is 4. The molecule has 0 aliphatic carbocycles. The summed E-state index contributed by atoms with van der Waals surface area (Å²) >= 11 is 0. The van der Waals surface area contributed by atoms with Crippen molar-refractivity contribution in [2.24, 2.45) is 5.14 Å². The number of hydrogen-bond acceptors (Lipinski definition) is 5. The summed E-state index contributed by atoms with van der Waals surface area (Å²) in [6.45, 7) is 0. The Labute approximate surface area is 117 Å². The lowest BCUT2D eigenvalue weighted by Crippen LogP contribution is -2.14. The van der Waals surface area contributed by atoms with Crippen molar-refractivity contribution in [3.05, 3.63) is 42.5 Å². The van der Waals surface area contributed by atoms with Gasteiger partial charge in [-0.05, 0) is 36.4 Å². The predicted molar refractivity (Wildman–Crippen MR) is 75.3 cm³/mol. The van der Waals surface area contributed by atoms with Crippen molar-refractivity contribution in [2.75, 3.05) is 12.8 Å². The van der Waals surface area contributed by atoms with Gasteiger partial charge in [-0.3, -0.25) is 0 Å². The highest BCUT2D eigenvalue weighted by Gasteiger charge is 2.12. The van der Waals surface area contributed by atoms with Crippen LogP contribution in [0.4, 0.5) is 5.69 Å². The highest BCUT2D eigenvalue weighted by Crippen LogP contribution is 2.28. The van der Waals surface area contributed by atoms with Crippen LogP contribution in [0.3, 0.4) is 0 Å². The van der Waals surface area contributed by atoms with Gasteiger partial charge < -0.3 is 15.2 Å². The zero-order chi connectivity index (χ0) is 14.8. The first-order chi connectivity index (χ1) is 9.40. The summed E-state index contributed by atoms with van der Waals surface area (Å²) in [7, 11) is -2.26. The van der Waals surface area contributed by atoms with E-state index in [0.29, 0.717) is 17.2 Å². The summed E-state index contributed by atoms with van der Waals surface area (Å²) in [5.41, 5.74) is 5.69. The van der Waals surface area contributed by atoms with Crippen LogP contribution in [0.25, 0.3) is 0 Å². The lowest BCUT2D eigenvalue weighted by atomic mass is 10.3. The van der Waals surface area contributed by atoms with Crippen LogP contribution >= 0.6 is 0 Å². The number of benzene rings is 2. The van der Waals surface area contributed by atoms with Gasteiger partial charge in [0.05, 0.1) is 12.8 Å². The molecule has 0 saturated heterocycles. The Morgan fingerprint density at radius 3 is 2.00 bits per heavy atom. The van der Waals surface area contributed by atoms with Gasteiger partial charge in [0, 0.05) is 6.07 Å². The molecular formula is C13H14N2O4S. The molecule has 2 rings (SSSR count). The maximum Gasteiger partial charge on any atom is 0.240 e. The van der Waals surface area contributed by atoms with Gasteiger partial charge in [0.25, 0.3) is 0 Å². The number of nitrogens with two attached hydrogens (primary N) is 2. The average Bonchev–Trinajstić information content (AvgIpc) is 2.38.